The number of nitrogens with one attached hydrogen (secondary N) is 2. The van der Waals surface area contributed by atoms with E-state index in [9.17, 15) is 22.0 Å². The Labute approximate surface area is 175 Å². The van der Waals surface area contributed by atoms with Gasteiger partial charge in [-0.15, -0.1) is 0 Å². The lowest BCUT2D eigenvalue weighted by atomic mass is 9.92. The number of benzene rings is 2. The molecule has 1 atom stereocenters. The highest BCUT2D eigenvalue weighted by atomic mass is 32.2. The van der Waals surface area contributed by atoms with Crippen LogP contribution in [0.1, 0.15) is 36.0 Å². The third-order valence-corrected chi connectivity index (χ3v) is 6.33. The van der Waals surface area contributed by atoms with Crippen LogP contribution in [0.25, 0.3) is 0 Å². The molecule has 0 spiro atoms. The minimum atomic E-state index is -3.73. The van der Waals surface area contributed by atoms with E-state index in [1.54, 1.807) is 31.5 Å². The highest BCUT2D eigenvalue weighted by molar-refractivity contribution is 7.89. The Morgan fingerprint density at radius 3 is 2.23 bits per heavy atom. The van der Waals surface area contributed by atoms with Crippen LogP contribution in [0.2, 0.25) is 0 Å². The number of rotatable bonds is 10. The third-order valence-electron chi connectivity index (χ3n) is 4.85. The Bertz CT molecular complexity index is 956. The first-order valence-electron chi connectivity index (χ1n) is 9.59. The number of carbonyl (C=O) groups is 1. The van der Waals surface area contributed by atoms with Crippen LogP contribution in [0.3, 0.4) is 0 Å². The third kappa shape index (κ3) is 6.58. The number of hydrogen-bond donors (Lipinski definition) is 3. The van der Waals surface area contributed by atoms with Gasteiger partial charge in [0.25, 0.3) is 0 Å². The van der Waals surface area contributed by atoms with Crippen molar-refractivity contribution in [3.8, 4) is 0 Å². The minimum absolute atomic E-state index is 0.0246. The number of hydrogen-bond acceptors (Lipinski definition) is 4. The fourth-order valence-electron chi connectivity index (χ4n) is 3.27. The number of amides is 1. The maximum absolute atomic E-state index is 13.8. The summed E-state index contributed by atoms with van der Waals surface area (Å²) >= 11 is 0. The summed E-state index contributed by atoms with van der Waals surface area (Å²) in [5, 5.41) is 9.01. The molecule has 2 aromatic rings. The summed E-state index contributed by atoms with van der Waals surface area (Å²) in [6.45, 7) is 3.46. The molecule has 0 aromatic heterocycles. The zero-order valence-corrected chi connectivity index (χ0v) is 17.7. The molecule has 1 amide bonds. The van der Waals surface area contributed by atoms with Gasteiger partial charge in [0, 0.05) is 12.5 Å². The summed E-state index contributed by atoms with van der Waals surface area (Å²) in [5.41, 5.74) is 3.43. The van der Waals surface area contributed by atoms with E-state index < -0.39 is 27.7 Å². The Kier molecular flexibility index (Phi) is 8.45. The predicted molar refractivity (Wildman–Crippen MR) is 108 cm³/mol. The molecule has 0 saturated heterocycles. The summed E-state index contributed by atoms with van der Waals surface area (Å²) < 4.78 is 53.5. The molecule has 164 valence electrons. The Balaban J connectivity index is 1.89. The first kappa shape index (κ1) is 23.9. The van der Waals surface area contributed by atoms with Crippen LogP contribution in [0.15, 0.2) is 41.3 Å². The van der Waals surface area contributed by atoms with E-state index in [1.807, 2.05) is 0 Å². The molecule has 0 heterocycles. The van der Waals surface area contributed by atoms with Crippen LogP contribution in [-0.2, 0) is 21.2 Å². The maximum atomic E-state index is 13.8. The van der Waals surface area contributed by atoms with Gasteiger partial charge in [0.15, 0.2) is 0 Å². The van der Waals surface area contributed by atoms with Gasteiger partial charge < -0.3 is 0 Å². The highest BCUT2D eigenvalue weighted by Crippen LogP contribution is 2.20. The molecule has 0 fully saturated rings. The van der Waals surface area contributed by atoms with Crippen molar-refractivity contribution >= 4 is 15.9 Å². The molecular formula is C21H26F2N2O4S. The van der Waals surface area contributed by atoms with Crippen molar-refractivity contribution in [1.29, 1.82) is 0 Å². The van der Waals surface area contributed by atoms with E-state index in [4.69, 9.17) is 5.21 Å². The van der Waals surface area contributed by atoms with Gasteiger partial charge in [-0.3, -0.25) is 10.0 Å². The van der Waals surface area contributed by atoms with Gasteiger partial charge in [-0.1, -0.05) is 18.6 Å². The molecule has 0 radical (unpaired) electrons. The number of aryl methyl sites for hydroxylation is 2. The SMILES string of the molecule is Cc1cc(C[C@H](CCCCNS(=O)(=O)c2ccc(F)cc2)C(=O)NO)cc(C)c1F. The first-order valence-corrected chi connectivity index (χ1v) is 11.1. The molecule has 9 heteroatoms. The van der Waals surface area contributed by atoms with Gasteiger partial charge in [-0.25, -0.2) is 27.4 Å². The summed E-state index contributed by atoms with van der Waals surface area (Å²) in [5.74, 6) is -1.88. The van der Waals surface area contributed by atoms with Crippen molar-refractivity contribution in [2.75, 3.05) is 6.54 Å². The Morgan fingerprint density at radius 1 is 1.07 bits per heavy atom. The van der Waals surface area contributed by atoms with Crippen molar-refractivity contribution in [2.24, 2.45) is 5.92 Å². The van der Waals surface area contributed by atoms with E-state index in [1.165, 1.54) is 12.1 Å². The molecule has 0 saturated carbocycles. The van der Waals surface area contributed by atoms with Crippen molar-refractivity contribution < 1.29 is 27.2 Å². The van der Waals surface area contributed by atoms with Crippen LogP contribution < -0.4 is 10.2 Å². The predicted octanol–water partition coefficient (Wildman–Crippen LogP) is 3.39. The summed E-state index contributed by atoms with van der Waals surface area (Å²) in [6.07, 6.45) is 1.75. The van der Waals surface area contributed by atoms with E-state index in [0.29, 0.717) is 36.8 Å². The average Bonchev–Trinajstić information content (AvgIpc) is 2.70. The van der Waals surface area contributed by atoms with Crippen molar-refractivity contribution in [1.82, 2.24) is 10.2 Å². The largest absolute Gasteiger partial charge is 0.289 e. The molecule has 3 N–H and O–H groups in total. The Hall–Kier alpha value is -2.36. The fourth-order valence-corrected chi connectivity index (χ4v) is 4.35. The lowest BCUT2D eigenvalue weighted by molar-refractivity contribution is -0.133. The van der Waals surface area contributed by atoms with E-state index >= 15 is 0 Å². The first-order chi connectivity index (χ1) is 14.1. The van der Waals surface area contributed by atoms with Gasteiger partial charge in [-0.05, 0) is 74.1 Å². The second-order valence-electron chi connectivity index (χ2n) is 7.27. The van der Waals surface area contributed by atoms with Crippen LogP contribution in [0, 0.1) is 31.4 Å². The summed E-state index contributed by atoms with van der Waals surface area (Å²) in [6, 6.07) is 7.88. The van der Waals surface area contributed by atoms with Gasteiger partial charge >= 0.3 is 0 Å². The number of carbonyl (C=O) groups excluding carboxylic acids is 1. The van der Waals surface area contributed by atoms with E-state index in [-0.39, 0.29) is 17.3 Å². The summed E-state index contributed by atoms with van der Waals surface area (Å²) in [7, 11) is -3.73. The fraction of sp³-hybridized carbons (Fsp3) is 0.381. The van der Waals surface area contributed by atoms with Gasteiger partial charge in [0.1, 0.15) is 11.6 Å². The molecule has 6 nitrogen and oxygen atoms in total. The standard InChI is InChI=1S/C21H26F2N2O4S/c1-14-11-16(12-15(2)20(14)23)13-17(21(26)25-27)5-3-4-10-24-30(28,29)19-8-6-18(22)7-9-19/h6-9,11-12,17,24,27H,3-5,10,13H2,1-2H3,(H,25,26)/t17-/m0/s1. The maximum Gasteiger partial charge on any atom is 0.246 e. The average molecular weight is 441 g/mol. The number of sulfonamides is 1. The van der Waals surface area contributed by atoms with Crippen molar-refractivity contribution in [3.05, 3.63) is 64.7 Å². The molecule has 2 rings (SSSR count). The van der Waals surface area contributed by atoms with E-state index in [2.05, 4.69) is 4.72 Å². The van der Waals surface area contributed by atoms with Gasteiger partial charge in [-0.2, -0.15) is 0 Å². The molecule has 0 bridgehead atoms. The summed E-state index contributed by atoms with van der Waals surface area (Å²) in [4.78, 5) is 12.0. The lowest BCUT2D eigenvalue weighted by Crippen LogP contribution is -2.30. The molecule has 2 aromatic carbocycles. The van der Waals surface area contributed by atoms with Gasteiger partial charge in [0.05, 0.1) is 4.90 Å². The number of halogens is 2. The Morgan fingerprint density at radius 2 is 1.67 bits per heavy atom. The molecule has 0 aliphatic carbocycles. The van der Waals surface area contributed by atoms with Crippen LogP contribution >= 0.6 is 0 Å². The minimum Gasteiger partial charge on any atom is -0.289 e. The number of hydroxylamine groups is 1. The van der Waals surface area contributed by atoms with Crippen LogP contribution in [-0.4, -0.2) is 26.1 Å². The molecule has 0 unspecified atom stereocenters. The highest BCUT2D eigenvalue weighted by Gasteiger charge is 2.20. The van der Waals surface area contributed by atoms with E-state index in [0.717, 1.165) is 17.7 Å². The van der Waals surface area contributed by atoms with Gasteiger partial charge in [0.2, 0.25) is 15.9 Å². The monoisotopic (exact) mass is 440 g/mol. The quantitative estimate of drug-likeness (QED) is 0.300. The molecular weight excluding hydrogens is 414 g/mol. The zero-order chi connectivity index (χ0) is 22.3. The zero-order valence-electron chi connectivity index (χ0n) is 16.9. The van der Waals surface area contributed by atoms with Crippen LogP contribution in [0.4, 0.5) is 8.78 Å². The topological polar surface area (TPSA) is 95.5 Å². The smallest absolute Gasteiger partial charge is 0.246 e. The second kappa shape index (κ2) is 10.6. The molecule has 30 heavy (non-hydrogen) atoms. The van der Waals surface area contributed by atoms with Crippen molar-refractivity contribution in [3.63, 3.8) is 0 Å². The number of unbranched alkanes of at least 4 members (excludes halogenated alkanes) is 1. The molecule has 0 aliphatic rings. The lowest BCUT2D eigenvalue weighted by Gasteiger charge is -2.16. The normalized spacial score (nSPS) is 12.6. The van der Waals surface area contributed by atoms with Crippen LogP contribution in [0.5, 0.6) is 0 Å². The second-order valence-corrected chi connectivity index (χ2v) is 9.04. The van der Waals surface area contributed by atoms with Crippen molar-refractivity contribution in [2.45, 2.75) is 44.4 Å². The molecule has 0 aliphatic heterocycles.